The SMILES string of the molecule is O=C(NCC(=O)N1[C@H]2C[C@@]2(Cn2ccnn2)C[C@H]1C(=O)O)c1ccc2c(c1)-c1ccccc1C2(F)F. The van der Waals surface area contributed by atoms with E-state index < -0.39 is 36.3 Å². The molecule has 9 nitrogen and oxygen atoms in total. The molecular weight excluding hydrogens is 472 g/mol. The van der Waals surface area contributed by atoms with Crippen molar-refractivity contribution in [2.75, 3.05) is 6.54 Å². The van der Waals surface area contributed by atoms with E-state index in [4.69, 9.17) is 0 Å². The molecular formula is C25H21F2N5O4. The number of hydrogen-bond acceptors (Lipinski definition) is 5. The number of carbonyl (C=O) groups excluding carboxylic acids is 2. The highest BCUT2D eigenvalue weighted by Gasteiger charge is 2.67. The Hall–Kier alpha value is -4.15. The van der Waals surface area contributed by atoms with E-state index in [2.05, 4.69) is 15.6 Å². The summed E-state index contributed by atoms with van der Waals surface area (Å²) in [7, 11) is 0. The van der Waals surface area contributed by atoms with Crippen molar-refractivity contribution in [2.24, 2.45) is 5.41 Å². The number of piperidine rings is 1. The van der Waals surface area contributed by atoms with Crippen LogP contribution in [-0.4, -0.2) is 61.4 Å². The molecule has 3 atom stereocenters. The number of fused-ring (bicyclic) bond motifs is 4. The van der Waals surface area contributed by atoms with Gasteiger partial charge < -0.3 is 15.3 Å². The monoisotopic (exact) mass is 493 g/mol. The van der Waals surface area contributed by atoms with E-state index in [9.17, 15) is 28.3 Å². The maximum absolute atomic E-state index is 14.8. The highest BCUT2D eigenvalue weighted by Crippen LogP contribution is 2.60. The second kappa shape index (κ2) is 7.67. The maximum atomic E-state index is 14.8. The van der Waals surface area contributed by atoms with E-state index >= 15 is 0 Å². The van der Waals surface area contributed by atoms with Crippen molar-refractivity contribution in [3.63, 3.8) is 0 Å². The molecule has 36 heavy (non-hydrogen) atoms. The van der Waals surface area contributed by atoms with Gasteiger partial charge in [-0.25, -0.2) is 4.79 Å². The van der Waals surface area contributed by atoms with Crippen LogP contribution in [0.1, 0.15) is 34.3 Å². The Morgan fingerprint density at radius 1 is 1.08 bits per heavy atom. The van der Waals surface area contributed by atoms with Gasteiger partial charge in [0.1, 0.15) is 6.04 Å². The number of nitrogens with one attached hydrogen (secondary N) is 1. The van der Waals surface area contributed by atoms with E-state index in [1.165, 1.54) is 35.4 Å². The van der Waals surface area contributed by atoms with Gasteiger partial charge in [-0.3, -0.25) is 14.3 Å². The number of aromatic nitrogens is 3. The Kier molecular flexibility index (Phi) is 4.76. The van der Waals surface area contributed by atoms with Crippen LogP contribution in [0, 0.1) is 5.41 Å². The summed E-state index contributed by atoms with van der Waals surface area (Å²) >= 11 is 0. The molecule has 0 radical (unpaired) electrons. The molecule has 1 saturated heterocycles. The maximum Gasteiger partial charge on any atom is 0.326 e. The average Bonchev–Trinajstić information content (AvgIpc) is 3.16. The van der Waals surface area contributed by atoms with Gasteiger partial charge in [0.2, 0.25) is 5.91 Å². The predicted molar refractivity (Wildman–Crippen MR) is 121 cm³/mol. The minimum Gasteiger partial charge on any atom is -0.480 e. The fourth-order valence-corrected chi connectivity index (χ4v) is 5.74. The molecule has 2 fully saturated rings. The lowest BCUT2D eigenvalue weighted by atomic mass is 9.99. The summed E-state index contributed by atoms with van der Waals surface area (Å²) in [5.74, 6) is -5.36. The zero-order valence-corrected chi connectivity index (χ0v) is 18.9. The van der Waals surface area contributed by atoms with E-state index in [-0.39, 0.29) is 33.7 Å². The summed E-state index contributed by atoms with van der Waals surface area (Å²) in [5.41, 5.74) is 0.111. The smallest absolute Gasteiger partial charge is 0.326 e. The first kappa shape index (κ1) is 22.3. The Bertz CT molecular complexity index is 1410. The number of halogens is 2. The van der Waals surface area contributed by atoms with Gasteiger partial charge in [0.15, 0.2) is 0 Å². The highest BCUT2D eigenvalue weighted by molar-refractivity contribution is 5.99. The molecule has 2 amide bonds. The van der Waals surface area contributed by atoms with Crippen LogP contribution in [-0.2, 0) is 22.1 Å². The number of alkyl halides is 2. The minimum absolute atomic E-state index is 0.111. The normalized spacial score (nSPS) is 24.6. The van der Waals surface area contributed by atoms with Crippen LogP contribution in [0.4, 0.5) is 8.78 Å². The molecule has 3 aliphatic rings. The predicted octanol–water partition coefficient (Wildman–Crippen LogP) is 2.27. The third-order valence-electron chi connectivity index (χ3n) is 7.52. The third-order valence-corrected chi connectivity index (χ3v) is 7.52. The Morgan fingerprint density at radius 3 is 2.61 bits per heavy atom. The van der Waals surface area contributed by atoms with E-state index in [0.717, 1.165) is 0 Å². The summed E-state index contributed by atoms with van der Waals surface area (Å²) in [6.45, 7) is 0.0567. The lowest BCUT2D eigenvalue weighted by Gasteiger charge is -2.24. The molecule has 0 unspecified atom stereocenters. The van der Waals surface area contributed by atoms with Crippen molar-refractivity contribution < 1.29 is 28.3 Å². The van der Waals surface area contributed by atoms with Crippen molar-refractivity contribution in [2.45, 2.75) is 37.4 Å². The lowest BCUT2D eigenvalue weighted by Crippen LogP contribution is -2.47. The van der Waals surface area contributed by atoms with Crippen molar-refractivity contribution in [1.29, 1.82) is 0 Å². The average molecular weight is 493 g/mol. The zero-order valence-electron chi connectivity index (χ0n) is 18.9. The van der Waals surface area contributed by atoms with Crippen molar-refractivity contribution in [1.82, 2.24) is 25.2 Å². The number of amides is 2. The van der Waals surface area contributed by atoms with Crippen LogP contribution < -0.4 is 5.32 Å². The van der Waals surface area contributed by atoms with Gasteiger partial charge in [0, 0.05) is 34.3 Å². The number of hydrogen-bond donors (Lipinski definition) is 2. The van der Waals surface area contributed by atoms with Crippen molar-refractivity contribution >= 4 is 17.8 Å². The lowest BCUT2D eigenvalue weighted by molar-refractivity contribution is -0.149. The number of benzene rings is 2. The fourth-order valence-electron chi connectivity index (χ4n) is 5.74. The summed E-state index contributed by atoms with van der Waals surface area (Å²) in [6, 6.07) is 8.83. The van der Waals surface area contributed by atoms with E-state index in [1.54, 1.807) is 29.1 Å². The Balaban J connectivity index is 1.17. The third kappa shape index (κ3) is 3.29. The number of carboxylic acid groups (broad SMARTS) is 1. The molecule has 11 heteroatoms. The van der Waals surface area contributed by atoms with Gasteiger partial charge in [0.25, 0.3) is 11.8 Å². The summed E-state index contributed by atoms with van der Waals surface area (Å²) < 4.78 is 31.2. The van der Waals surface area contributed by atoms with Crippen LogP contribution in [0.2, 0.25) is 0 Å². The second-order valence-electron chi connectivity index (χ2n) is 9.61. The van der Waals surface area contributed by atoms with Gasteiger partial charge in [-0.15, -0.1) is 5.10 Å². The first-order chi connectivity index (χ1) is 17.2. The van der Waals surface area contributed by atoms with Crippen LogP contribution in [0.25, 0.3) is 11.1 Å². The number of likely N-dealkylation sites (tertiary alicyclic amines) is 1. The molecule has 2 N–H and O–H groups in total. The molecule has 1 saturated carbocycles. The first-order valence-corrected chi connectivity index (χ1v) is 11.5. The Labute approximate surface area is 203 Å². The number of aliphatic carboxylic acids is 1. The highest BCUT2D eigenvalue weighted by atomic mass is 19.3. The topological polar surface area (TPSA) is 117 Å². The summed E-state index contributed by atoms with van der Waals surface area (Å²) in [4.78, 5) is 39.1. The standard InChI is InChI=1S/C25H21F2N5O4/c26-25(27)17-4-2-1-3-15(17)16-9-14(5-6-18(16)25)22(34)28-12-21(33)32-19(23(35)36)10-24(11-20(24)32)13-31-8-7-29-30-31/h1-9,19-20H,10-13H2,(H,28,34)(H,35,36)/t19-,20-,24+/m0/s1. The van der Waals surface area contributed by atoms with Crippen LogP contribution >= 0.6 is 0 Å². The van der Waals surface area contributed by atoms with Gasteiger partial charge in [-0.2, -0.15) is 8.78 Å². The van der Waals surface area contributed by atoms with Crippen molar-refractivity contribution in [3.05, 3.63) is 71.5 Å². The minimum atomic E-state index is -3.15. The number of carboxylic acids is 1. The summed E-state index contributed by atoms with van der Waals surface area (Å²) in [5, 5.41) is 19.9. The van der Waals surface area contributed by atoms with E-state index in [1.807, 2.05) is 0 Å². The fraction of sp³-hybridized carbons (Fsp3) is 0.320. The molecule has 6 rings (SSSR count). The molecule has 2 aliphatic carbocycles. The van der Waals surface area contributed by atoms with Crippen LogP contribution in [0.3, 0.4) is 0 Å². The molecule has 0 bridgehead atoms. The van der Waals surface area contributed by atoms with Gasteiger partial charge in [0.05, 0.1) is 19.3 Å². The van der Waals surface area contributed by atoms with Gasteiger partial charge in [-0.05, 0) is 36.1 Å². The summed E-state index contributed by atoms with van der Waals surface area (Å²) in [6.07, 6.45) is 4.17. The van der Waals surface area contributed by atoms with E-state index in [0.29, 0.717) is 24.9 Å². The van der Waals surface area contributed by atoms with Gasteiger partial charge in [-0.1, -0.05) is 35.5 Å². The molecule has 1 aromatic heterocycles. The van der Waals surface area contributed by atoms with Gasteiger partial charge >= 0.3 is 5.97 Å². The first-order valence-electron chi connectivity index (χ1n) is 11.5. The largest absolute Gasteiger partial charge is 0.480 e. The Morgan fingerprint density at radius 2 is 1.86 bits per heavy atom. The number of carbonyl (C=O) groups is 3. The number of nitrogens with zero attached hydrogens (tertiary/aromatic N) is 4. The van der Waals surface area contributed by atoms with Crippen molar-refractivity contribution in [3.8, 4) is 11.1 Å². The number of rotatable bonds is 6. The molecule has 2 aromatic carbocycles. The van der Waals surface area contributed by atoms with Crippen LogP contribution in [0.15, 0.2) is 54.9 Å². The molecule has 0 spiro atoms. The molecule has 3 aromatic rings. The molecule has 2 heterocycles. The second-order valence-corrected chi connectivity index (χ2v) is 9.61. The quantitative estimate of drug-likeness (QED) is 0.544. The molecule has 1 aliphatic heterocycles. The van der Waals surface area contributed by atoms with Crippen LogP contribution in [0.5, 0.6) is 0 Å². The molecule has 184 valence electrons. The zero-order chi connectivity index (χ0) is 25.2.